The number of carbonyl (C=O) groups is 2. The number of aromatic nitrogens is 1. The van der Waals surface area contributed by atoms with Crippen LogP contribution in [-0.2, 0) is 35.3 Å². The number of pyridine rings is 1. The van der Waals surface area contributed by atoms with E-state index in [1.54, 1.807) is 12.4 Å². The molecule has 0 bridgehead atoms. The number of hydrogen-bond donors (Lipinski definition) is 0. The summed E-state index contributed by atoms with van der Waals surface area (Å²) in [6, 6.07) is 10.6. The van der Waals surface area contributed by atoms with Crippen LogP contribution in [0.2, 0.25) is 0 Å². The van der Waals surface area contributed by atoms with Crippen molar-refractivity contribution >= 4 is 11.6 Å². The zero-order valence-corrected chi connectivity index (χ0v) is 26.0. The Balaban J connectivity index is 0. The number of carbonyl (C=O) groups excluding carboxylic acids is 2. The number of benzene rings is 1. The third-order valence-corrected chi connectivity index (χ3v) is 6.27. The number of ketones is 2. The fraction of sp³-hybridized carbons (Fsp3) is 0.618. The molecule has 0 saturated carbocycles. The maximum Gasteiger partial charge on any atom is 0.143 e. The van der Waals surface area contributed by atoms with Crippen LogP contribution >= 0.6 is 0 Å². The molecule has 1 aromatic carbocycles. The molecule has 2 rings (SSSR count). The van der Waals surface area contributed by atoms with Crippen molar-refractivity contribution in [2.75, 3.05) is 0 Å². The standard InChI is InChI=1S/C15H21NO2.C12H18.C5H12.C2H6/c1-11(2)6-7-15(18)14(12(3)17)9-13-5-4-8-16-10-13;1-4-10-7-8-11(5-2)12(6-3)9-10;1-4-5(2)3;1-2/h4-5,8,10-11,14H,6-7,9H2,1-3H3;7-9H,4-6H2,1-3H3;5H,4H2,1-3H3;1-2H3. The minimum Gasteiger partial charge on any atom is -0.299 e. The van der Waals surface area contributed by atoms with Crippen LogP contribution in [0.3, 0.4) is 0 Å². The zero-order valence-electron chi connectivity index (χ0n) is 26.0. The van der Waals surface area contributed by atoms with E-state index in [2.05, 4.69) is 78.6 Å². The minimum atomic E-state index is -0.507. The molecular formula is C34H57NO2. The Morgan fingerprint density at radius 3 is 1.81 bits per heavy atom. The SMILES string of the molecule is CC.CC(=O)C(Cc1cccnc1)C(=O)CCC(C)C.CCC(C)C.CCc1ccc(CC)c(CC)c1. The van der Waals surface area contributed by atoms with E-state index < -0.39 is 5.92 Å². The molecule has 1 heterocycles. The summed E-state index contributed by atoms with van der Waals surface area (Å²) in [6.07, 6.45) is 9.98. The van der Waals surface area contributed by atoms with Gasteiger partial charge in [0.1, 0.15) is 11.6 Å². The Morgan fingerprint density at radius 2 is 1.41 bits per heavy atom. The summed E-state index contributed by atoms with van der Waals surface area (Å²) in [4.78, 5) is 27.7. The molecule has 3 nitrogen and oxygen atoms in total. The molecule has 0 radical (unpaired) electrons. The van der Waals surface area contributed by atoms with Crippen LogP contribution in [0.4, 0.5) is 0 Å². The van der Waals surface area contributed by atoms with Gasteiger partial charge in [0.25, 0.3) is 0 Å². The fourth-order valence-corrected chi connectivity index (χ4v) is 3.42. The molecule has 0 amide bonds. The second-order valence-corrected chi connectivity index (χ2v) is 10.1. The van der Waals surface area contributed by atoms with Crippen LogP contribution in [-0.4, -0.2) is 16.6 Å². The van der Waals surface area contributed by atoms with E-state index in [1.165, 1.54) is 30.0 Å². The van der Waals surface area contributed by atoms with E-state index in [9.17, 15) is 9.59 Å². The lowest BCUT2D eigenvalue weighted by Crippen LogP contribution is -2.24. The highest BCUT2D eigenvalue weighted by atomic mass is 16.1. The molecule has 210 valence electrons. The molecule has 0 spiro atoms. The van der Waals surface area contributed by atoms with Crippen LogP contribution < -0.4 is 0 Å². The molecule has 0 aliphatic heterocycles. The molecule has 0 aliphatic carbocycles. The van der Waals surface area contributed by atoms with Gasteiger partial charge in [-0.1, -0.05) is 99.9 Å². The molecular weight excluding hydrogens is 454 g/mol. The Labute approximate surface area is 229 Å². The summed E-state index contributed by atoms with van der Waals surface area (Å²) < 4.78 is 0. The van der Waals surface area contributed by atoms with Crippen molar-refractivity contribution in [3.8, 4) is 0 Å². The Hall–Kier alpha value is -2.29. The lowest BCUT2D eigenvalue weighted by atomic mass is 9.89. The van der Waals surface area contributed by atoms with Gasteiger partial charge >= 0.3 is 0 Å². The van der Waals surface area contributed by atoms with Gasteiger partial charge in [-0.05, 0) is 79.2 Å². The van der Waals surface area contributed by atoms with Crippen molar-refractivity contribution in [3.63, 3.8) is 0 Å². The lowest BCUT2D eigenvalue weighted by molar-refractivity contribution is -0.131. The van der Waals surface area contributed by atoms with Crippen LogP contribution in [0.25, 0.3) is 0 Å². The molecule has 0 fully saturated rings. The number of aryl methyl sites for hydroxylation is 3. The van der Waals surface area contributed by atoms with Crippen molar-refractivity contribution in [1.29, 1.82) is 0 Å². The second kappa shape index (κ2) is 22.9. The molecule has 2 aromatic rings. The summed E-state index contributed by atoms with van der Waals surface area (Å²) in [7, 11) is 0. The minimum absolute atomic E-state index is 0.0485. The summed E-state index contributed by atoms with van der Waals surface area (Å²) in [6.45, 7) is 23.0. The first-order chi connectivity index (χ1) is 17.6. The highest BCUT2D eigenvalue weighted by Crippen LogP contribution is 2.15. The predicted octanol–water partition coefficient (Wildman–Crippen LogP) is 9.29. The first-order valence-electron chi connectivity index (χ1n) is 14.6. The molecule has 1 aromatic heterocycles. The van der Waals surface area contributed by atoms with Gasteiger partial charge in [-0.15, -0.1) is 0 Å². The average molecular weight is 512 g/mol. The Morgan fingerprint density at radius 1 is 0.811 bits per heavy atom. The summed E-state index contributed by atoms with van der Waals surface area (Å²) >= 11 is 0. The van der Waals surface area contributed by atoms with Crippen molar-refractivity contribution in [2.24, 2.45) is 17.8 Å². The fourth-order valence-electron chi connectivity index (χ4n) is 3.42. The van der Waals surface area contributed by atoms with Gasteiger partial charge in [-0.3, -0.25) is 14.6 Å². The smallest absolute Gasteiger partial charge is 0.143 e. The van der Waals surface area contributed by atoms with Crippen molar-refractivity contribution < 1.29 is 9.59 Å². The zero-order chi connectivity index (χ0) is 28.8. The molecule has 0 N–H and O–H groups in total. The van der Waals surface area contributed by atoms with Gasteiger partial charge in [-0.25, -0.2) is 0 Å². The molecule has 37 heavy (non-hydrogen) atoms. The average Bonchev–Trinajstić information content (AvgIpc) is 2.92. The summed E-state index contributed by atoms with van der Waals surface area (Å²) in [5, 5.41) is 0. The monoisotopic (exact) mass is 511 g/mol. The van der Waals surface area contributed by atoms with Crippen LogP contribution in [0.15, 0.2) is 42.7 Å². The van der Waals surface area contributed by atoms with E-state index in [0.29, 0.717) is 18.8 Å². The van der Waals surface area contributed by atoms with Gasteiger partial charge in [0.2, 0.25) is 0 Å². The van der Waals surface area contributed by atoms with E-state index >= 15 is 0 Å². The first kappa shape index (κ1) is 36.9. The maximum absolute atomic E-state index is 12.1. The lowest BCUT2D eigenvalue weighted by Gasteiger charge is -2.13. The van der Waals surface area contributed by atoms with Crippen LogP contribution in [0, 0.1) is 17.8 Å². The Kier molecular flexibility index (Phi) is 22.8. The number of nitrogens with zero attached hydrogens (tertiary/aromatic N) is 1. The van der Waals surface area contributed by atoms with Gasteiger partial charge in [-0.2, -0.15) is 0 Å². The normalized spacial score (nSPS) is 10.8. The second-order valence-electron chi connectivity index (χ2n) is 10.1. The quantitative estimate of drug-likeness (QED) is 0.282. The molecule has 0 aliphatic rings. The highest BCUT2D eigenvalue weighted by Gasteiger charge is 2.23. The van der Waals surface area contributed by atoms with Gasteiger partial charge in [0.05, 0.1) is 5.92 Å². The van der Waals surface area contributed by atoms with Gasteiger partial charge in [0, 0.05) is 18.8 Å². The molecule has 1 atom stereocenters. The largest absolute Gasteiger partial charge is 0.299 e. The third kappa shape index (κ3) is 17.7. The van der Waals surface area contributed by atoms with E-state index in [1.807, 2.05) is 26.0 Å². The van der Waals surface area contributed by atoms with Crippen LogP contribution in [0.5, 0.6) is 0 Å². The maximum atomic E-state index is 12.1. The van der Waals surface area contributed by atoms with Crippen molar-refractivity contribution in [3.05, 3.63) is 65.0 Å². The number of hydrogen-bond acceptors (Lipinski definition) is 3. The summed E-state index contributed by atoms with van der Waals surface area (Å²) in [5.41, 5.74) is 5.44. The molecule has 3 heteroatoms. The first-order valence-corrected chi connectivity index (χ1v) is 14.6. The predicted molar refractivity (Wildman–Crippen MR) is 162 cm³/mol. The van der Waals surface area contributed by atoms with Gasteiger partial charge < -0.3 is 0 Å². The van der Waals surface area contributed by atoms with Crippen LogP contribution in [0.1, 0.15) is 118 Å². The third-order valence-electron chi connectivity index (χ3n) is 6.27. The van der Waals surface area contributed by atoms with E-state index in [4.69, 9.17) is 0 Å². The van der Waals surface area contributed by atoms with Gasteiger partial charge in [0.15, 0.2) is 0 Å². The van der Waals surface area contributed by atoms with Crippen molar-refractivity contribution in [1.82, 2.24) is 4.98 Å². The Bertz CT molecular complexity index is 840. The summed E-state index contributed by atoms with van der Waals surface area (Å²) in [5.74, 6) is 0.871. The molecule has 1 unspecified atom stereocenters. The molecule has 0 saturated heterocycles. The topological polar surface area (TPSA) is 47.0 Å². The number of rotatable bonds is 11. The van der Waals surface area contributed by atoms with E-state index in [-0.39, 0.29) is 11.6 Å². The van der Waals surface area contributed by atoms with E-state index in [0.717, 1.165) is 37.2 Å². The van der Waals surface area contributed by atoms with Crippen molar-refractivity contribution in [2.45, 2.75) is 121 Å². The number of Topliss-reactive ketones (excluding diaryl/α,β-unsaturated/α-hetero) is 2. The highest BCUT2D eigenvalue weighted by molar-refractivity contribution is 6.01.